The standard InChI is InChI=1S/C31H35ClFN3O5/c1-4-38-30(37)28-19(2)36(17-22-12-15-39-22)27(34-28)18-35-13-10-20(11-14-35)23-6-5-7-26-29(23)41-31(3,40-26)24-9-8-21(32)16-25(24)33/h5-9,16,20,22H,4,10-15,17-18H2,1-3H3/t22-,31-/m0/s1. The van der Waals surface area contributed by atoms with E-state index in [1.807, 2.05) is 19.1 Å². The Hall–Kier alpha value is -3.14. The Balaban J connectivity index is 1.16. The molecule has 218 valence electrons. The van der Waals surface area contributed by atoms with Crippen molar-refractivity contribution in [2.24, 2.45) is 0 Å². The maximum Gasteiger partial charge on any atom is 0.358 e. The molecule has 0 N–H and O–H groups in total. The van der Waals surface area contributed by atoms with Crippen molar-refractivity contribution in [3.8, 4) is 11.5 Å². The number of ether oxygens (including phenoxy) is 4. The lowest BCUT2D eigenvalue weighted by molar-refractivity contribution is -0.0712. The topological polar surface area (TPSA) is 75.0 Å². The molecule has 0 spiro atoms. The highest BCUT2D eigenvalue weighted by molar-refractivity contribution is 6.30. The number of fused-ring (bicyclic) bond motifs is 1. The SMILES string of the molecule is CCOC(=O)c1nc(CN2CCC(c3cccc4c3O[C@@](C)(c3ccc(Cl)cc3F)O4)CC2)n(C[C@@H]2CCO2)c1C. The number of piperidine rings is 1. The van der Waals surface area contributed by atoms with Gasteiger partial charge in [-0.2, -0.15) is 0 Å². The zero-order valence-corrected chi connectivity index (χ0v) is 24.4. The van der Waals surface area contributed by atoms with E-state index in [2.05, 4.69) is 15.5 Å². The Morgan fingerprint density at radius 3 is 2.66 bits per heavy atom. The average molecular weight is 584 g/mol. The molecular weight excluding hydrogens is 549 g/mol. The lowest BCUT2D eigenvalue weighted by Crippen LogP contribution is -2.35. The second kappa shape index (κ2) is 11.3. The van der Waals surface area contributed by atoms with Gasteiger partial charge in [0.15, 0.2) is 17.2 Å². The van der Waals surface area contributed by atoms with Crippen LogP contribution in [0.3, 0.4) is 0 Å². The largest absolute Gasteiger partial charge is 0.461 e. The van der Waals surface area contributed by atoms with Crippen molar-refractivity contribution in [2.45, 2.75) is 70.9 Å². The average Bonchev–Trinajstić information content (AvgIpc) is 3.43. The van der Waals surface area contributed by atoms with Crippen LogP contribution in [0, 0.1) is 12.7 Å². The van der Waals surface area contributed by atoms with Crippen LogP contribution in [0.5, 0.6) is 11.5 Å². The second-order valence-electron chi connectivity index (χ2n) is 11.1. The molecule has 8 nitrogen and oxygen atoms in total. The van der Waals surface area contributed by atoms with Crippen LogP contribution in [0.25, 0.3) is 0 Å². The number of hydrogen-bond donors (Lipinski definition) is 0. The molecule has 0 saturated carbocycles. The van der Waals surface area contributed by atoms with E-state index in [1.165, 1.54) is 6.07 Å². The molecule has 1 aromatic heterocycles. The van der Waals surface area contributed by atoms with Gasteiger partial charge in [-0.25, -0.2) is 14.2 Å². The van der Waals surface area contributed by atoms with Crippen LogP contribution in [0.15, 0.2) is 36.4 Å². The van der Waals surface area contributed by atoms with Gasteiger partial charge >= 0.3 is 5.97 Å². The number of rotatable bonds is 8. The maximum atomic E-state index is 14.8. The van der Waals surface area contributed by atoms with Crippen molar-refractivity contribution in [3.63, 3.8) is 0 Å². The minimum Gasteiger partial charge on any atom is -0.461 e. The van der Waals surface area contributed by atoms with Crippen LogP contribution in [0.2, 0.25) is 5.02 Å². The molecule has 0 radical (unpaired) electrons. The van der Waals surface area contributed by atoms with E-state index in [4.69, 9.17) is 35.5 Å². The van der Waals surface area contributed by atoms with E-state index in [0.717, 1.165) is 56.0 Å². The van der Waals surface area contributed by atoms with Gasteiger partial charge in [-0.3, -0.25) is 4.90 Å². The highest BCUT2D eigenvalue weighted by Crippen LogP contribution is 2.49. The number of carbonyl (C=O) groups is 1. The number of halogens is 2. The molecule has 0 unspecified atom stereocenters. The van der Waals surface area contributed by atoms with Crippen molar-refractivity contribution in [1.29, 1.82) is 0 Å². The lowest BCUT2D eigenvalue weighted by Gasteiger charge is -2.33. The normalized spacial score (nSPS) is 22.5. The number of imidazole rings is 1. The summed E-state index contributed by atoms with van der Waals surface area (Å²) < 4.78 is 40.4. The maximum absolute atomic E-state index is 14.8. The molecule has 2 fully saturated rings. The molecule has 3 aromatic rings. The summed E-state index contributed by atoms with van der Waals surface area (Å²) in [6.07, 6.45) is 3.00. The molecule has 0 amide bonds. The molecule has 6 rings (SSSR count). The van der Waals surface area contributed by atoms with E-state index in [9.17, 15) is 9.18 Å². The Labute approximate surface area is 244 Å². The predicted molar refractivity (Wildman–Crippen MR) is 151 cm³/mol. The number of aromatic nitrogens is 2. The smallest absolute Gasteiger partial charge is 0.358 e. The van der Waals surface area contributed by atoms with Crippen LogP contribution in [-0.4, -0.2) is 52.8 Å². The Bertz CT molecular complexity index is 1450. The first-order valence-corrected chi connectivity index (χ1v) is 14.7. The molecule has 0 aliphatic carbocycles. The lowest BCUT2D eigenvalue weighted by atomic mass is 9.88. The molecule has 0 bridgehead atoms. The van der Waals surface area contributed by atoms with Crippen molar-refractivity contribution in [2.75, 3.05) is 26.3 Å². The summed E-state index contributed by atoms with van der Waals surface area (Å²) in [4.78, 5) is 19.7. The zero-order chi connectivity index (χ0) is 28.7. The molecule has 2 saturated heterocycles. The number of nitrogens with zero attached hydrogens (tertiary/aromatic N) is 3. The fraction of sp³-hybridized carbons (Fsp3) is 0.484. The second-order valence-corrected chi connectivity index (χ2v) is 11.5. The van der Waals surface area contributed by atoms with E-state index in [-0.39, 0.29) is 18.0 Å². The Morgan fingerprint density at radius 1 is 1.20 bits per heavy atom. The summed E-state index contributed by atoms with van der Waals surface area (Å²) >= 11 is 5.97. The van der Waals surface area contributed by atoms with Crippen LogP contribution >= 0.6 is 11.6 Å². The highest BCUT2D eigenvalue weighted by atomic mass is 35.5. The summed E-state index contributed by atoms with van der Waals surface area (Å²) in [7, 11) is 0. The van der Waals surface area contributed by atoms with Gasteiger partial charge in [-0.05, 0) is 76.4 Å². The van der Waals surface area contributed by atoms with Crippen molar-refractivity contribution in [3.05, 3.63) is 75.6 Å². The summed E-state index contributed by atoms with van der Waals surface area (Å²) in [5, 5.41) is 0.323. The molecule has 3 aliphatic heterocycles. The quantitative estimate of drug-likeness (QED) is 0.302. The number of esters is 1. The summed E-state index contributed by atoms with van der Waals surface area (Å²) in [5.41, 5.74) is 2.58. The number of likely N-dealkylation sites (tertiary alicyclic amines) is 1. The van der Waals surface area contributed by atoms with E-state index in [1.54, 1.807) is 26.0 Å². The Morgan fingerprint density at radius 2 is 1.98 bits per heavy atom. The molecular formula is C31H35ClFN3O5. The van der Waals surface area contributed by atoms with Gasteiger partial charge in [-0.1, -0.05) is 23.7 Å². The Kier molecular flexibility index (Phi) is 7.70. The molecule has 2 atom stereocenters. The van der Waals surface area contributed by atoms with Gasteiger partial charge in [0.1, 0.15) is 11.6 Å². The number of carbonyl (C=O) groups excluding carboxylic acids is 1. The minimum absolute atomic E-state index is 0.150. The van der Waals surface area contributed by atoms with Gasteiger partial charge in [0.05, 0.1) is 31.4 Å². The van der Waals surface area contributed by atoms with Crippen LogP contribution < -0.4 is 9.47 Å². The predicted octanol–water partition coefficient (Wildman–Crippen LogP) is 5.97. The first-order valence-electron chi connectivity index (χ1n) is 14.3. The first kappa shape index (κ1) is 28.0. The third-order valence-corrected chi connectivity index (χ3v) is 8.61. The van der Waals surface area contributed by atoms with E-state index in [0.29, 0.717) is 47.5 Å². The van der Waals surface area contributed by atoms with Gasteiger partial charge in [0.25, 0.3) is 5.79 Å². The van der Waals surface area contributed by atoms with Crippen molar-refractivity contribution >= 4 is 17.6 Å². The number of para-hydroxylation sites is 1. The van der Waals surface area contributed by atoms with Crippen LogP contribution in [-0.2, 0) is 28.4 Å². The zero-order valence-electron chi connectivity index (χ0n) is 23.6. The van der Waals surface area contributed by atoms with Crippen LogP contribution in [0.4, 0.5) is 4.39 Å². The third kappa shape index (κ3) is 5.43. The fourth-order valence-corrected chi connectivity index (χ4v) is 6.18. The highest BCUT2D eigenvalue weighted by Gasteiger charge is 2.43. The minimum atomic E-state index is -1.27. The van der Waals surface area contributed by atoms with Gasteiger partial charge in [0.2, 0.25) is 0 Å². The molecule has 3 aliphatic rings. The number of hydrogen-bond acceptors (Lipinski definition) is 7. The number of benzene rings is 2. The van der Waals surface area contributed by atoms with Gasteiger partial charge in [-0.15, -0.1) is 0 Å². The molecule has 10 heteroatoms. The fourth-order valence-electron chi connectivity index (χ4n) is 6.02. The first-order chi connectivity index (χ1) is 19.8. The van der Waals surface area contributed by atoms with Gasteiger partial charge < -0.3 is 23.5 Å². The third-order valence-electron chi connectivity index (χ3n) is 8.37. The monoisotopic (exact) mass is 583 g/mol. The van der Waals surface area contributed by atoms with Crippen LogP contribution in [0.1, 0.15) is 72.2 Å². The summed E-state index contributed by atoms with van der Waals surface area (Å²) in [5.74, 6) is 0.288. The molecule has 4 heterocycles. The van der Waals surface area contributed by atoms with E-state index >= 15 is 0 Å². The summed E-state index contributed by atoms with van der Waals surface area (Å²) in [6.45, 7) is 9.59. The molecule has 2 aromatic carbocycles. The van der Waals surface area contributed by atoms with Crippen molar-refractivity contribution in [1.82, 2.24) is 14.5 Å². The van der Waals surface area contributed by atoms with Gasteiger partial charge in [0, 0.05) is 29.8 Å². The van der Waals surface area contributed by atoms with Crippen molar-refractivity contribution < 1.29 is 28.1 Å². The molecule has 41 heavy (non-hydrogen) atoms. The summed E-state index contributed by atoms with van der Waals surface area (Å²) in [6, 6.07) is 10.4. The van der Waals surface area contributed by atoms with E-state index < -0.39 is 11.6 Å².